The Kier molecular flexibility index (Phi) is 6.30. The Morgan fingerprint density at radius 3 is 2.75 bits per heavy atom. The molecule has 2 N–H and O–H groups in total. The number of rotatable bonds is 5. The van der Waals surface area contributed by atoms with Crippen molar-refractivity contribution in [3.05, 3.63) is 17.5 Å². The highest BCUT2D eigenvalue weighted by molar-refractivity contribution is 7.80. The maximum atomic E-state index is 11.6. The van der Waals surface area contributed by atoms with Gasteiger partial charge < -0.3 is 15.4 Å². The third kappa shape index (κ3) is 4.73. The molecule has 0 aliphatic heterocycles. The second kappa shape index (κ2) is 7.74. The molecule has 1 aromatic heterocycles. The second-order valence-corrected chi connectivity index (χ2v) is 4.73. The average molecular weight is 296 g/mol. The topological polar surface area (TPSA) is 76.1 Å². The van der Waals surface area contributed by atoms with E-state index in [1.165, 1.54) is 6.20 Å². The maximum Gasteiger partial charge on any atom is 0.341 e. The molecule has 0 saturated carbocycles. The summed E-state index contributed by atoms with van der Waals surface area (Å²) in [5, 5.41) is 6.46. The van der Waals surface area contributed by atoms with Crippen molar-refractivity contribution in [1.29, 1.82) is 0 Å². The third-order valence-corrected chi connectivity index (χ3v) is 2.91. The number of hydrogen-bond donors (Lipinski definition) is 2. The fourth-order valence-corrected chi connectivity index (χ4v) is 1.69. The number of carbonyl (C=O) groups is 1. The van der Waals surface area contributed by atoms with Gasteiger partial charge in [0.1, 0.15) is 0 Å². The number of anilines is 1. The molecule has 0 radical (unpaired) electrons. The van der Waals surface area contributed by atoms with Gasteiger partial charge in [0.15, 0.2) is 5.11 Å². The summed E-state index contributed by atoms with van der Waals surface area (Å²) in [5.74, 6) is -0.0618. The molecule has 0 saturated heterocycles. The maximum absolute atomic E-state index is 11.6. The zero-order valence-corrected chi connectivity index (χ0v) is 13.0. The van der Waals surface area contributed by atoms with Crippen LogP contribution in [0, 0.1) is 6.92 Å². The molecule has 20 heavy (non-hydrogen) atoms. The second-order valence-electron chi connectivity index (χ2n) is 4.32. The van der Waals surface area contributed by atoms with Gasteiger partial charge in [-0.2, -0.15) is 0 Å². The molecule has 0 unspecified atom stereocenters. The highest BCUT2D eigenvalue weighted by Crippen LogP contribution is 2.08. The fourth-order valence-electron chi connectivity index (χ4n) is 1.40. The van der Waals surface area contributed by atoms with Crippen LogP contribution in [0.15, 0.2) is 6.20 Å². The molecule has 0 aliphatic carbocycles. The van der Waals surface area contributed by atoms with Crippen molar-refractivity contribution in [1.82, 2.24) is 15.3 Å². The van der Waals surface area contributed by atoms with Crippen molar-refractivity contribution < 1.29 is 9.53 Å². The van der Waals surface area contributed by atoms with Gasteiger partial charge in [0.05, 0.1) is 17.9 Å². The largest absolute Gasteiger partial charge is 0.462 e. The number of thiocarbonyl (C=S) groups is 1. The molecule has 6 nitrogen and oxygen atoms in total. The standard InChI is InChI=1S/C13H20N4O2S/c1-5-8(3)15-13(20)17-12-14-7-10(9(4)16-12)11(18)19-6-2/h7-8H,5-6H2,1-4H3,(H2,14,15,16,17,20)/t8-/m0/s1. The summed E-state index contributed by atoms with van der Waals surface area (Å²) in [5.41, 5.74) is 0.908. The molecule has 1 aromatic rings. The van der Waals surface area contributed by atoms with Crippen LogP contribution in [-0.4, -0.2) is 33.7 Å². The molecule has 110 valence electrons. The summed E-state index contributed by atoms with van der Waals surface area (Å²) in [6.07, 6.45) is 2.40. The van der Waals surface area contributed by atoms with Crippen molar-refractivity contribution in [3.63, 3.8) is 0 Å². The Morgan fingerprint density at radius 2 is 2.20 bits per heavy atom. The first-order chi connectivity index (χ1) is 9.47. The van der Waals surface area contributed by atoms with E-state index < -0.39 is 5.97 Å². The zero-order chi connectivity index (χ0) is 15.1. The van der Waals surface area contributed by atoms with Crippen molar-refractivity contribution in [2.24, 2.45) is 0 Å². The minimum Gasteiger partial charge on any atom is -0.462 e. The number of nitrogens with zero attached hydrogens (tertiary/aromatic N) is 2. The summed E-state index contributed by atoms with van der Waals surface area (Å²) in [7, 11) is 0. The number of carbonyl (C=O) groups excluding carboxylic acids is 1. The van der Waals surface area contributed by atoms with Gasteiger partial charge >= 0.3 is 5.97 Å². The minimum atomic E-state index is -0.420. The molecule has 1 heterocycles. The van der Waals surface area contributed by atoms with Crippen LogP contribution in [-0.2, 0) is 4.74 Å². The highest BCUT2D eigenvalue weighted by Gasteiger charge is 2.13. The number of esters is 1. The van der Waals surface area contributed by atoms with Crippen molar-refractivity contribution in [2.75, 3.05) is 11.9 Å². The molecule has 0 aliphatic rings. The van der Waals surface area contributed by atoms with Crippen LogP contribution in [0.25, 0.3) is 0 Å². The van der Waals surface area contributed by atoms with Crippen LogP contribution in [0.3, 0.4) is 0 Å². The van der Waals surface area contributed by atoms with E-state index in [9.17, 15) is 4.79 Å². The first-order valence-electron chi connectivity index (χ1n) is 6.56. The lowest BCUT2D eigenvalue weighted by Crippen LogP contribution is -2.35. The molecule has 0 aromatic carbocycles. The molecule has 0 fully saturated rings. The SMILES string of the molecule is CCOC(=O)c1cnc(NC(=S)N[C@@H](C)CC)nc1C. The molecular weight excluding hydrogens is 276 g/mol. The first-order valence-corrected chi connectivity index (χ1v) is 6.97. The number of hydrogen-bond acceptors (Lipinski definition) is 5. The van der Waals surface area contributed by atoms with E-state index in [-0.39, 0.29) is 6.04 Å². The van der Waals surface area contributed by atoms with Gasteiger partial charge in [0, 0.05) is 12.2 Å². The highest BCUT2D eigenvalue weighted by atomic mass is 32.1. The lowest BCUT2D eigenvalue weighted by molar-refractivity contribution is 0.0524. The Morgan fingerprint density at radius 1 is 1.50 bits per heavy atom. The quantitative estimate of drug-likeness (QED) is 0.636. The predicted molar refractivity (Wildman–Crippen MR) is 81.8 cm³/mol. The monoisotopic (exact) mass is 296 g/mol. The van der Waals surface area contributed by atoms with E-state index in [4.69, 9.17) is 17.0 Å². The molecule has 7 heteroatoms. The van der Waals surface area contributed by atoms with Crippen LogP contribution >= 0.6 is 12.2 Å². The smallest absolute Gasteiger partial charge is 0.341 e. The Balaban J connectivity index is 2.72. The minimum absolute atomic E-state index is 0.273. The summed E-state index contributed by atoms with van der Waals surface area (Å²) >= 11 is 5.15. The van der Waals surface area contributed by atoms with Crippen LogP contribution in [0.2, 0.25) is 0 Å². The van der Waals surface area contributed by atoms with E-state index in [1.54, 1.807) is 13.8 Å². The Bertz CT molecular complexity index is 493. The van der Waals surface area contributed by atoms with Gasteiger partial charge in [-0.05, 0) is 39.4 Å². The number of nitrogens with one attached hydrogen (secondary N) is 2. The van der Waals surface area contributed by atoms with Gasteiger partial charge in [-0.1, -0.05) is 6.92 Å². The fraction of sp³-hybridized carbons (Fsp3) is 0.538. The molecular formula is C13H20N4O2S. The van der Waals surface area contributed by atoms with Crippen LogP contribution in [0.1, 0.15) is 43.2 Å². The van der Waals surface area contributed by atoms with Gasteiger partial charge in [-0.15, -0.1) is 0 Å². The van der Waals surface area contributed by atoms with Crippen molar-refractivity contribution in [3.8, 4) is 0 Å². The summed E-state index contributed by atoms with van der Waals surface area (Å²) in [6, 6.07) is 0.273. The van der Waals surface area contributed by atoms with Gasteiger partial charge in [0.25, 0.3) is 0 Å². The Labute approximate surface area is 124 Å². The number of aromatic nitrogens is 2. The molecule has 0 bridgehead atoms. The molecule has 0 spiro atoms. The number of aryl methyl sites for hydroxylation is 1. The first kappa shape index (κ1) is 16.3. The summed E-state index contributed by atoms with van der Waals surface area (Å²) in [4.78, 5) is 19.9. The zero-order valence-electron chi connectivity index (χ0n) is 12.2. The van der Waals surface area contributed by atoms with Crippen molar-refractivity contribution >= 4 is 29.2 Å². The molecule has 0 amide bonds. The van der Waals surface area contributed by atoms with Gasteiger partial charge in [-0.3, -0.25) is 0 Å². The lowest BCUT2D eigenvalue weighted by atomic mass is 10.2. The summed E-state index contributed by atoms with van der Waals surface area (Å²) < 4.78 is 4.92. The lowest BCUT2D eigenvalue weighted by Gasteiger charge is -2.14. The van der Waals surface area contributed by atoms with E-state index in [0.717, 1.165) is 6.42 Å². The van der Waals surface area contributed by atoms with E-state index in [0.29, 0.717) is 28.9 Å². The normalized spacial score (nSPS) is 11.6. The van der Waals surface area contributed by atoms with Crippen LogP contribution in [0.5, 0.6) is 0 Å². The average Bonchev–Trinajstić information content (AvgIpc) is 2.38. The molecule has 1 atom stereocenters. The van der Waals surface area contributed by atoms with Crippen molar-refractivity contribution in [2.45, 2.75) is 40.2 Å². The Hall–Kier alpha value is -1.76. The number of ether oxygens (including phenoxy) is 1. The third-order valence-electron chi connectivity index (χ3n) is 2.69. The van der Waals surface area contributed by atoms with Crippen LogP contribution < -0.4 is 10.6 Å². The van der Waals surface area contributed by atoms with Gasteiger partial charge in [-0.25, -0.2) is 14.8 Å². The van der Waals surface area contributed by atoms with E-state index >= 15 is 0 Å². The molecule has 1 rings (SSSR count). The van der Waals surface area contributed by atoms with Gasteiger partial charge in [0.2, 0.25) is 5.95 Å². The van der Waals surface area contributed by atoms with E-state index in [2.05, 4.69) is 27.5 Å². The predicted octanol–water partition coefficient (Wildman–Crippen LogP) is 2.05. The van der Waals surface area contributed by atoms with Crippen LogP contribution in [0.4, 0.5) is 5.95 Å². The van der Waals surface area contributed by atoms with E-state index in [1.807, 2.05) is 6.92 Å². The summed E-state index contributed by atoms with van der Waals surface area (Å²) in [6.45, 7) is 7.90.